The predicted octanol–water partition coefficient (Wildman–Crippen LogP) is 1.74. The van der Waals surface area contributed by atoms with Crippen molar-refractivity contribution >= 4 is 10.9 Å². The molecule has 0 radical (unpaired) electrons. The van der Waals surface area contributed by atoms with E-state index in [-0.39, 0.29) is 6.61 Å². The van der Waals surface area contributed by atoms with Gasteiger partial charge in [-0.2, -0.15) is 0 Å². The number of aliphatic hydroxyl groups is 1. The van der Waals surface area contributed by atoms with Crippen molar-refractivity contribution in [2.75, 3.05) is 7.11 Å². The summed E-state index contributed by atoms with van der Waals surface area (Å²) in [6, 6.07) is 7.43. The van der Waals surface area contributed by atoms with Gasteiger partial charge in [0.25, 0.3) is 0 Å². The average Bonchev–Trinajstić information content (AvgIpc) is 2.27. The number of aromatic nitrogens is 1. The second kappa shape index (κ2) is 3.64. The van der Waals surface area contributed by atoms with Gasteiger partial charge in [0, 0.05) is 11.6 Å². The van der Waals surface area contributed by atoms with Crippen molar-refractivity contribution in [1.29, 1.82) is 0 Å². The van der Waals surface area contributed by atoms with Crippen LogP contribution in [0.4, 0.5) is 0 Å². The maximum atomic E-state index is 9.00. The average molecular weight is 189 g/mol. The third-order valence-corrected chi connectivity index (χ3v) is 2.17. The first-order valence-electron chi connectivity index (χ1n) is 4.37. The number of benzene rings is 1. The van der Waals surface area contributed by atoms with E-state index in [9.17, 15) is 0 Å². The van der Waals surface area contributed by atoms with E-state index in [1.807, 2.05) is 24.3 Å². The Kier molecular flexibility index (Phi) is 2.33. The van der Waals surface area contributed by atoms with Gasteiger partial charge in [0.05, 0.1) is 19.2 Å². The lowest BCUT2D eigenvalue weighted by atomic mass is 10.1. The summed E-state index contributed by atoms with van der Waals surface area (Å²) in [7, 11) is 1.63. The number of hydrogen-bond acceptors (Lipinski definition) is 3. The molecule has 0 spiro atoms. The van der Waals surface area contributed by atoms with E-state index in [4.69, 9.17) is 9.84 Å². The lowest BCUT2D eigenvalue weighted by Gasteiger charge is -2.05. The van der Waals surface area contributed by atoms with Gasteiger partial charge in [0.1, 0.15) is 5.75 Å². The number of aliphatic hydroxyl groups excluding tert-OH is 1. The molecule has 3 nitrogen and oxygen atoms in total. The van der Waals surface area contributed by atoms with Crippen molar-refractivity contribution in [2.24, 2.45) is 0 Å². The smallest absolute Gasteiger partial charge is 0.129 e. The monoisotopic (exact) mass is 189 g/mol. The summed E-state index contributed by atoms with van der Waals surface area (Å²) < 4.78 is 5.21. The number of methoxy groups -OCH3 is 1. The first-order valence-corrected chi connectivity index (χ1v) is 4.37. The third-order valence-electron chi connectivity index (χ3n) is 2.17. The molecule has 0 saturated heterocycles. The number of hydrogen-bond donors (Lipinski definition) is 1. The standard InChI is InChI=1S/C11H11NO2/c1-14-11-4-5-12-10-3-2-8(7-13)6-9(10)11/h2-6,13H,7H2,1H3. The zero-order valence-corrected chi connectivity index (χ0v) is 7.90. The molecule has 2 aromatic rings. The maximum Gasteiger partial charge on any atom is 0.129 e. The highest BCUT2D eigenvalue weighted by Gasteiger charge is 2.02. The zero-order valence-electron chi connectivity index (χ0n) is 7.90. The van der Waals surface area contributed by atoms with Gasteiger partial charge < -0.3 is 9.84 Å². The Hall–Kier alpha value is -1.61. The SMILES string of the molecule is COc1ccnc2ccc(CO)cc12. The fraction of sp³-hybridized carbons (Fsp3) is 0.182. The largest absolute Gasteiger partial charge is 0.496 e. The Bertz CT molecular complexity index is 454. The van der Waals surface area contributed by atoms with Crippen LogP contribution in [-0.4, -0.2) is 17.2 Å². The van der Waals surface area contributed by atoms with Gasteiger partial charge >= 0.3 is 0 Å². The van der Waals surface area contributed by atoms with Crippen LogP contribution in [0.1, 0.15) is 5.56 Å². The fourth-order valence-corrected chi connectivity index (χ4v) is 1.44. The molecule has 3 heteroatoms. The number of pyridine rings is 1. The highest BCUT2D eigenvalue weighted by molar-refractivity contribution is 5.85. The molecule has 1 aromatic heterocycles. The first-order chi connectivity index (χ1) is 6.85. The number of fused-ring (bicyclic) bond motifs is 1. The van der Waals surface area contributed by atoms with E-state index >= 15 is 0 Å². The van der Waals surface area contributed by atoms with Gasteiger partial charge in [-0.1, -0.05) is 6.07 Å². The molecule has 0 aliphatic heterocycles. The Morgan fingerprint density at radius 3 is 2.93 bits per heavy atom. The predicted molar refractivity (Wildman–Crippen MR) is 54.2 cm³/mol. The normalized spacial score (nSPS) is 10.4. The van der Waals surface area contributed by atoms with Gasteiger partial charge in [0.2, 0.25) is 0 Å². The molecule has 0 aliphatic rings. The second-order valence-corrected chi connectivity index (χ2v) is 3.02. The van der Waals surface area contributed by atoms with Crippen LogP contribution in [0.15, 0.2) is 30.5 Å². The Morgan fingerprint density at radius 1 is 1.36 bits per heavy atom. The van der Waals surface area contributed by atoms with Crippen molar-refractivity contribution in [3.63, 3.8) is 0 Å². The van der Waals surface area contributed by atoms with E-state index in [1.54, 1.807) is 13.3 Å². The van der Waals surface area contributed by atoms with E-state index in [1.165, 1.54) is 0 Å². The fourth-order valence-electron chi connectivity index (χ4n) is 1.44. The summed E-state index contributed by atoms with van der Waals surface area (Å²) in [5, 5.41) is 9.93. The summed E-state index contributed by atoms with van der Waals surface area (Å²) >= 11 is 0. The Labute approximate surface area is 82.0 Å². The quantitative estimate of drug-likeness (QED) is 0.782. The van der Waals surface area contributed by atoms with Crippen LogP contribution in [0.25, 0.3) is 10.9 Å². The lowest BCUT2D eigenvalue weighted by molar-refractivity contribution is 0.282. The minimum Gasteiger partial charge on any atom is -0.496 e. The van der Waals surface area contributed by atoms with Crippen molar-refractivity contribution < 1.29 is 9.84 Å². The van der Waals surface area contributed by atoms with Crippen molar-refractivity contribution in [2.45, 2.75) is 6.61 Å². The van der Waals surface area contributed by atoms with Crippen molar-refractivity contribution in [1.82, 2.24) is 4.98 Å². The van der Waals surface area contributed by atoms with Crippen molar-refractivity contribution in [3.05, 3.63) is 36.0 Å². The van der Waals surface area contributed by atoms with Crippen molar-refractivity contribution in [3.8, 4) is 5.75 Å². The van der Waals surface area contributed by atoms with E-state index < -0.39 is 0 Å². The molecule has 72 valence electrons. The van der Waals surface area contributed by atoms with Gasteiger partial charge in [0.15, 0.2) is 0 Å². The Balaban J connectivity index is 2.70. The summed E-state index contributed by atoms with van der Waals surface area (Å²) in [5.74, 6) is 0.783. The van der Waals surface area contributed by atoms with Gasteiger partial charge in [-0.05, 0) is 23.8 Å². The minimum atomic E-state index is 0.0357. The highest BCUT2D eigenvalue weighted by Crippen LogP contribution is 2.24. The van der Waals surface area contributed by atoms with Crippen LogP contribution in [0.3, 0.4) is 0 Å². The topological polar surface area (TPSA) is 42.4 Å². The molecule has 0 amide bonds. The molecule has 2 rings (SSSR count). The summed E-state index contributed by atoms with van der Waals surface area (Å²) in [5.41, 5.74) is 1.74. The first kappa shape index (κ1) is 8.97. The molecule has 0 bridgehead atoms. The van der Waals surface area contributed by atoms with Crippen LogP contribution in [0, 0.1) is 0 Å². The number of ether oxygens (including phenoxy) is 1. The van der Waals surface area contributed by atoms with Gasteiger partial charge in [-0.15, -0.1) is 0 Å². The molecule has 1 aromatic carbocycles. The summed E-state index contributed by atoms with van der Waals surface area (Å²) in [6.07, 6.45) is 1.71. The molecule has 0 unspecified atom stereocenters. The molecule has 0 saturated carbocycles. The molecule has 1 N–H and O–H groups in total. The highest BCUT2D eigenvalue weighted by atomic mass is 16.5. The molecular formula is C11H11NO2. The minimum absolute atomic E-state index is 0.0357. The molecule has 0 atom stereocenters. The molecule has 0 fully saturated rings. The van der Waals surface area contributed by atoms with E-state index in [0.29, 0.717) is 0 Å². The van der Waals surface area contributed by atoms with Gasteiger partial charge in [-0.25, -0.2) is 0 Å². The second-order valence-electron chi connectivity index (χ2n) is 3.02. The van der Waals surface area contributed by atoms with Crippen LogP contribution >= 0.6 is 0 Å². The van der Waals surface area contributed by atoms with Gasteiger partial charge in [-0.3, -0.25) is 4.98 Å². The molecule has 14 heavy (non-hydrogen) atoms. The summed E-state index contributed by atoms with van der Waals surface area (Å²) in [6.45, 7) is 0.0357. The summed E-state index contributed by atoms with van der Waals surface area (Å²) in [4.78, 5) is 4.20. The van der Waals surface area contributed by atoms with Crippen LogP contribution < -0.4 is 4.74 Å². The van der Waals surface area contributed by atoms with E-state index in [2.05, 4.69) is 4.98 Å². The molecule has 0 aliphatic carbocycles. The maximum absolute atomic E-state index is 9.00. The lowest BCUT2D eigenvalue weighted by Crippen LogP contribution is -1.89. The zero-order chi connectivity index (χ0) is 9.97. The number of rotatable bonds is 2. The molecular weight excluding hydrogens is 178 g/mol. The van der Waals surface area contributed by atoms with Crippen LogP contribution in [0.2, 0.25) is 0 Å². The third kappa shape index (κ3) is 1.42. The van der Waals surface area contributed by atoms with Crippen LogP contribution in [0.5, 0.6) is 5.75 Å². The molecule has 1 heterocycles. The van der Waals surface area contributed by atoms with E-state index in [0.717, 1.165) is 22.2 Å². The Morgan fingerprint density at radius 2 is 2.21 bits per heavy atom. The number of nitrogens with zero attached hydrogens (tertiary/aromatic N) is 1. The van der Waals surface area contributed by atoms with Crippen LogP contribution in [-0.2, 0) is 6.61 Å².